The molecule has 21 heavy (non-hydrogen) atoms. The summed E-state index contributed by atoms with van der Waals surface area (Å²) in [4.78, 5) is 0. The lowest BCUT2D eigenvalue weighted by Crippen LogP contribution is -1.92. The first kappa shape index (κ1) is 13.9. The average Bonchev–Trinajstić information content (AvgIpc) is 3.04. The van der Waals surface area contributed by atoms with E-state index in [9.17, 15) is 0 Å². The molecule has 0 aliphatic carbocycles. The molecule has 0 aliphatic rings. The largest absolute Gasteiger partial charge is 0.496 e. The predicted octanol–water partition coefficient (Wildman–Crippen LogP) is 4.50. The van der Waals surface area contributed by atoms with Crippen LogP contribution >= 0.6 is 23.2 Å². The SMILES string of the molecule is COc1ccc(Cl)cc1-c1c(-c2ccc(Cl)o2)noc1N. The van der Waals surface area contributed by atoms with Gasteiger partial charge in [0.1, 0.15) is 5.75 Å². The van der Waals surface area contributed by atoms with Crippen LogP contribution in [0.1, 0.15) is 0 Å². The van der Waals surface area contributed by atoms with E-state index in [1.165, 1.54) is 0 Å². The quantitative estimate of drug-likeness (QED) is 0.767. The zero-order valence-corrected chi connectivity index (χ0v) is 12.4. The van der Waals surface area contributed by atoms with Crippen molar-refractivity contribution in [2.24, 2.45) is 0 Å². The number of furan rings is 1. The van der Waals surface area contributed by atoms with Crippen molar-refractivity contribution in [3.05, 3.63) is 40.6 Å². The van der Waals surface area contributed by atoms with Crippen molar-refractivity contribution in [2.75, 3.05) is 12.8 Å². The van der Waals surface area contributed by atoms with Crippen molar-refractivity contribution in [3.8, 4) is 28.3 Å². The van der Waals surface area contributed by atoms with Gasteiger partial charge in [0.25, 0.3) is 0 Å². The molecule has 0 atom stereocenters. The van der Waals surface area contributed by atoms with E-state index in [0.717, 1.165) is 0 Å². The normalized spacial score (nSPS) is 10.8. The minimum atomic E-state index is 0.137. The first-order valence-corrected chi connectivity index (χ1v) is 6.70. The third kappa shape index (κ3) is 2.46. The number of nitrogens with two attached hydrogens (primary N) is 1. The molecular weight excluding hydrogens is 315 g/mol. The maximum atomic E-state index is 6.05. The summed E-state index contributed by atoms with van der Waals surface area (Å²) in [5, 5.41) is 4.71. The number of halogens is 2. The highest BCUT2D eigenvalue weighted by Gasteiger charge is 2.23. The molecule has 0 radical (unpaired) electrons. The van der Waals surface area contributed by atoms with Gasteiger partial charge in [0.15, 0.2) is 16.7 Å². The molecule has 108 valence electrons. The standard InChI is InChI=1S/C14H10Cl2N2O3/c1-19-9-3-2-7(15)6-8(9)12-13(18-21-14(12)17)10-4-5-11(16)20-10/h2-6H,17H2,1H3. The molecule has 0 saturated carbocycles. The van der Waals surface area contributed by atoms with Gasteiger partial charge in [0, 0.05) is 10.6 Å². The van der Waals surface area contributed by atoms with Gasteiger partial charge in [-0.2, -0.15) is 0 Å². The van der Waals surface area contributed by atoms with E-state index in [4.69, 9.17) is 42.6 Å². The van der Waals surface area contributed by atoms with Gasteiger partial charge in [-0.15, -0.1) is 0 Å². The minimum Gasteiger partial charge on any atom is -0.496 e. The Bertz CT molecular complexity index is 795. The monoisotopic (exact) mass is 324 g/mol. The summed E-state index contributed by atoms with van der Waals surface area (Å²) in [6.07, 6.45) is 0. The highest BCUT2D eigenvalue weighted by molar-refractivity contribution is 6.31. The summed E-state index contributed by atoms with van der Waals surface area (Å²) in [6, 6.07) is 8.47. The van der Waals surface area contributed by atoms with Gasteiger partial charge in [-0.25, -0.2) is 0 Å². The number of methoxy groups -OCH3 is 1. The fraction of sp³-hybridized carbons (Fsp3) is 0.0714. The summed E-state index contributed by atoms with van der Waals surface area (Å²) < 4.78 is 15.8. The fourth-order valence-electron chi connectivity index (χ4n) is 2.05. The highest BCUT2D eigenvalue weighted by Crippen LogP contribution is 2.42. The van der Waals surface area contributed by atoms with E-state index in [1.54, 1.807) is 37.4 Å². The van der Waals surface area contributed by atoms with Crippen molar-refractivity contribution >= 4 is 29.1 Å². The molecule has 0 fully saturated rings. The van der Waals surface area contributed by atoms with Gasteiger partial charge in [-0.3, -0.25) is 0 Å². The fourth-order valence-corrected chi connectivity index (χ4v) is 2.37. The van der Waals surface area contributed by atoms with Crippen molar-refractivity contribution < 1.29 is 13.7 Å². The van der Waals surface area contributed by atoms with Crippen LogP contribution in [-0.4, -0.2) is 12.3 Å². The second-order valence-electron chi connectivity index (χ2n) is 4.22. The Morgan fingerprint density at radius 3 is 2.67 bits per heavy atom. The lowest BCUT2D eigenvalue weighted by molar-refractivity contribution is 0.416. The first-order valence-electron chi connectivity index (χ1n) is 5.95. The van der Waals surface area contributed by atoms with Gasteiger partial charge in [-0.1, -0.05) is 16.8 Å². The van der Waals surface area contributed by atoms with Crippen LogP contribution in [0.15, 0.2) is 39.3 Å². The number of hydrogen-bond acceptors (Lipinski definition) is 5. The van der Waals surface area contributed by atoms with Crippen molar-refractivity contribution in [2.45, 2.75) is 0 Å². The van der Waals surface area contributed by atoms with Crippen molar-refractivity contribution in [3.63, 3.8) is 0 Å². The van der Waals surface area contributed by atoms with Crippen LogP contribution in [0.2, 0.25) is 10.2 Å². The molecular formula is C14H10Cl2N2O3. The summed E-state index contributed by atoms with van der Waals surface area (Å²) in [5.74, 6) is 1.17. The maximum Gasteiger partial charge on any atom is 0.230 e. The van der Waals surface area contributed by atoms with E-state index >= 15 is 0 Å². The zero-order valence-electron chi connectivity index (χ0n) is 10.9. The van der Waals surface area contributed by atoms with E-state index in [2.05, 4.69) is 5.16 Å². The van der Waals surface area contributed by atoms with E-state index in [-0.39, 0.29) is 11.1 Å². The molecule has 0 spiro atoms. The number of anilines is 1. The minimum absolute atomic E-state index is 0.137. The third-order valence-electron chi connectivity index (χ3n) is 2.96. The van der Waals surface area contributed by atoms with E-state index < -0.39 is 0 Å². The number of nitrogen functional groups attached to an aromatic ring is 1. The van der Waals surface area contributed by atoms with Gasteiger partial charge >= 0.3 is 0 Å². The molecule has 0 unspecified atom stereocenters. The van der Waals surface area contributed by atoms with Crippen molar-refractivity contribution in [1.82, 2.24) is 5.16 Å². The highest BCUT2D eigenvalue weighted by atomic mass is 35.5. The molecule has 5 nitrogen and oxygen atoms in total. The Labute approximate surface area is 130 Å². The van der Waals surface area contributed by atoms with Crippen LogP contribution in [0.4, 0.5) is 5.88 Å². The summed E-state index contributed by atoms with van der Waals surface area (Å²) in [7, 11) is 1.56. The smallest absolute Gasteiger partial charge is 0.230 e. The Hall–Kier alpha value is -2.11. The lowest BCUT2D eigenvalue weighted by atomic mass is 10.0. The summed E-state index contributed by atoms with van der Waals surface area (Å²) >= 11 is 11.9. The molecule has 0 aliphatic heterocycles. The molecule has 7 heteroatoms. The molecule has 0 amide bonds. The van der Waals surface area contributed by atoms with E-state index in [0.29, 0.717) is 33.4 Å². The number of rotatable bonds is 3. The Morgan fingerprint density at radius 1 is 1.19 bits per heavy atom. The zero-order chi connectivity index (χ0) is 15.0. The van der Waals surface area contributed by atoms with E-state index in [1.807, 2.05) is 0 Å². The summed E-state index contributed by atoms with van der Waals surface area (Å²) in [5.41, 5.74) is 7.52. The van der Waals surface area contributed by atoms with Crippen LogP contribution in [0.5, 0.6) is 5.75 Å². The number of benzene rings is 1. The van der Waals surface area contributed by atoms with Crippen LogP contribution in [0, 0.1) is 0 Å². The molecule has 3 aromatic rings. The second kappa shape index (κ2) is 5.35. The Morgan fingerprint density at radius 2 is 2.00 bits per heavy atom. The molecule has 2 aromatic heterocycles. The van der Waals surface area contributed by atoms with Gasteiger partial charge < -0.3 is 19.4 Å². The molecule has 2 N–H and O–H groups in total. The first-order chi connectivity index (χ1) is 10.1. The topological polar surface area (TPSA) is 74.4 Å². The van der Waals surface area contributed by atoms with Crippen molar-refractivity contribution in [1.29, 1.82) is 0 Å². The number of nitrogens with zero attached hydrogens (tertiary/aromatic N) is 1. The molecule has 0 bridgehead atoms. The maximum absolute atomic E-state index is 6.05. The second-order valence-corrected chi connectivity index (χ2v) is 5.03. The molecule has 3 rings (SSSR count). The number of aromatic nitrogens is 1. The summed E-state index contributed by atoms with van der Waals surface area (Å²) in [6.45, 7) is 0. The third-order valence-corrected chi connectivity index (χ3v) is 3.39. The number of ether oxygens (including phenoxy) is 1. The van der Waals surface area contributed by atoms with Gasteiger partial charge in [0.05, 0.1) is 12.7 Å². The van der Waals surface area contributed by atoms with Crippen LogP contribution in [0.25, 0.3) is 22.6 Å². The van der Waals surface area contributed by atoms with Crippen LogP contribution in [-0.2, 0) is 0 Å². The molecule has 2 heterocycles. The van der Waals surface area contributed by atoms with Crippen LogP contribution in [0.3, 0.4) is 0 Å². The number of hydrogen-bond donors (Lipinski definition) is 1. The lowest BCUT2D eigenvalue weighted by Gasteiger charge is -2.08. The Kier molecular flexibility index (Phi) is 3.53. The predicted molar refractivity (Wildman–Crippen MR) is 80.6 cm³/mol. The Balaban J connectivity index is 2.24. The average molecular weight is 325 g/mol. The molecule has 0 saturated heterocycles. The van der Waals surface area contributed by atoms with Crippen LogP contribution < -0.4 is 10.5 Å². The van der Waals surface area contributed by atoms with Gasteiger partial charge in [-0.05, 0) is 41.9 Å². The molecule has 1 aromatic carbocycles. The van der Waals surface area contributed by atoms with Gasteiger partial charge in [0.2, 0.25) is 5.88 Å².